The van der Waals surface area contributed by atoms with Crippen LogP contribution in [0.25, 0.3) is 0 Å². The minimum Gasteiger partial charge on any atom is -0.493 e. The van der Waals surface area contributed by atoms with E-state index in [0.29, 0.717) is 18.2 Å². The monoisotopic (exact) mass is 344 g/mol. The van der Waals surface area contributed by atoms with Crippen molar-refractivity contribution in [3.63, 3.8) is 0 Å². The van der Waals surface area contributed by atoms with Crippen molar-refractivity contribution >= 4 is 21.9 Å². The van der Waals surface area contributed by atoms with Gasteiger partial charge in [-0.3, -0.25) is 0 Å². The Morgan fingerprint density at radius 2 is 2.24 bits per heavy atom. The van der Waals surface area contributed by atoms with E-state index in [9.17, 15) is 0 Å². The van der Waals surface area contributed by atoms with Crippen LogP contribution in [-0.2, 0) is 13.0 Å². The maximum absolute atomic E-state index is 8.94. The Bertz CT molecular complexity index is 739. The standard InChI is InChI=1S/C15H13BrN4O/c1-9-4-13(7-17)20-15(19-9)18-8-11-6-12(16)5-10-2-3-21-14(10)11/h4-6H,2-3,8H2,1H3,(H,18,19,20). The Hall–Kier alpha value is -2.13. The number of halogens is 1. The van der Waals surface area contributed by atoms with Crippen LogP contribution in [0, 0.1) is 18.3 Å². The number of nitriles is 1. The number of rotatable bonds is 3. The number of nitrogens with one attached hydrogen (secondary N) is 1. The smallest absolute Gasteiger partial charge is 0.224 e. The summed E-state index contributed by atoms with van der Waals surface area (Å²) in [5.41, 5.74) is 3.39. The Morgan fingerprint density at radius 3 is 3.05 bits per heavy atom. The van der Waals surface area contributed by atoms with Gasteiger partial charge in [-0.05, 0) is 30.7 Å². The maximum Gasteiger partial charge on any atom is 0.224 e. The lowest BCUT2D eigenvalue weighted by Crippen LogP contribution is -2.06. The van der Waals surface area contributed by atoms with Gasteiger partial charge >= 0.3 is 0 Å². The number of nitrogens with zero attached hydrogens (tertiary/aromatic N) is 3. The van der Waals surface area contributed by atoms with E-state index in [2.05, 4.69) is 37.3 Å². The van der Waals surface area contributed by atoms with E-state index in [1.54, 1.807) is 6.07 Å². The van der Waals surface area contributed by atoms with E-state index in [1.165, 1.54) is 5.56 Å². The van der Waals surface area contributed by atoms with Gasteiger partial charge in [-0.1, -0.05) is 15.9 Å². The summed E-state index contributed by atoms with van der Waals surface area (Å²) in [6.45, 7) is 3.11. The Balaban J connectivity index is 1.83. The van der Waals surface area contributed by atoms with Crippen molar-refractivity contribution in [2.75, 3.05) is 11.9 Å². The van der Waals surface area contributed by atoms with Crippen LogP contribution in [0.4, 0.5) is 5.95 Å². The quantitative estimate of drug-likeness (QED) is 0.926. The lowest BCUT2D eigenvalue weighted by molar-refractivity contribution is 0.354. The van der Waals surface area contributed by atoms with Gasteiger partial charge in [0, 0.05) is 28.7 Å². The first-order valence-corrected chi connectivity index (χ1v) is 7.39. The van der Waals surface area contributed by atoms with Gasteiger partial charge < -0.3 is 10.1 Å². The molecule has 1 N–H and O–H groups in total. The number of anilines is 1. The predicted octanol–water partition coefficient (Wildman–Crippen LogP) is 2.97. The molecule has 1 aromatic heterocycles. The fourth-order valence-corrected chi connectivity index (χ4v) is 2.91. The molecule has 21 heavy (non-hydrogen) atoms. The summed E-state index contributed by atoms with van der Waals surface area (Å²) < 4.78 is 6.72. The number of hydrogen-bond donors (Lipinski definition) is 1. The minimum atomic E-state index is 0.362. The molecule has 0 spiro atoms. The summed E-state index contributed by atoms with van der Waals surface area (Å²) in [6, 6.07) is 7.80. The van der Waals surface area contributed by atoms with Crippen molar-refractivity contribution in [3.8, 4) is 11.8 Å². The summed E-state index contributed by atoms with van der Waals surface area (Å²) in [5.74, 6) is 1.40. The van der Waals surface area contributed by atoms with Gasteiger partial charge in [0.2, 0.25) is 5.95 Å². The number of hydrogen-bond acceptors (Lipinski definition) is 5. The zero-order valence-corrected chi connectivity index (χ0v) is 13.1. The molecule has 0 atom stereocenters. The lowest BCUT2D eigenvalue weighted by Gasteiger charge is -2.10. The average Bonchev–Trinajstić information content (AvgIpc) is 2.92. The fraction of sp³-hybridized carbons (Fsp3) is 0.267. The molecule has 0 radical (unpaired) electrons. The number of benzene rings is 1. The van der Waals surface area contributed by atoms with Crippen molar-refractivity contribution in [2.24, 2.45) is 0 Å². The molecular formula is C15H13BrN4O. The maximum atomic E-state index is 8.94. The summed E-state index contributed by atoms with van der Waals surface area (Å²) in [7, 11) is 0. The SMILES string of the molecule is Cc1cc(C#N)nc(NCc2cc(Br)cc3c2OCC3)n1. The summed E-state index contributed by atoms with van der Waals surface area (Å²) in [6.07, 6.45) is 0.932. The molecule has 106 valence electrons. The van der Waals surface area contributed by atoms with Crippen molar-refractivity contribution in [2.45, 2.75) is 19.9 Å². The summed E-state index contributed by atoms with van der Waals surface area (Å²) in [5, 5.41) is 12.1. The van der Waals surface area contributed by atoms with Gasteiger partial charge in [-0.2, -0.15) is 5.26 Å². The van der Waals surface area contributed by atoms with Crippen molar-refractivity contribution in [1.29, 1.82) is 5.26 Å². The van der Waals surface area contributed by atoms with Crippen LogP contribution in [0.15, 0.2) is 22.7 Å². The van der Waals surface area contributed by atoms with Gasteiger partial charge in [-0.15, -0.1) is 0 Å². The zero-order chi connectivity index (χ0) is 14.8. The second-order valence-electron chi connectivity index (χ2n) is 4.84. The first-order valence-electron chi connectivity index (χ1n) is 6.59. The van der Waals surface area contributed by atoms with Gasteiger partial charge in [0.1, 0.15) is 17.5 Å². The molecular weight excluding hydrogens is 332 g/mol. The molecule has 0 aliphatic carbocycles. The van der Waals surface area contributed by atoms with Crippen LogP contribution >= 0.6 is 15.9 Å². The predicted molar refractivity (Wildman–Crippen MR) is 82.2 cm³/mol. The first-order chi connectivity index (χ1) is 10.2. The molecule has 0 saturated carbocycles. The molecule has 6 heteroatoms. The van der Waals surface area contributed by atoms with Crippen molar-refractivity contribution in [3.05, 3.63) is 45.2 Å². The molecule has 0 fully saturated rings. The first kappa shape index (κ1) is 13.8. The molecule has 2 heterocycles. The minimum absolute atomic E-state index is 0.362. The molecule has 1 aliphatic rings. The Kier molecular flexibility index (Phi) is 3.76. The average molecular weight is 345 g/mol. The zero-order valence-electron chi connectivity index (χ0n) is 11.5. The van der Waals surface area contributed by atoms with Gasteiger partial charge in [0.25, 0.3) is 0 Å². The van der Waals surface area contributed by atoms with E-state index in [4.69, 9.17) is 10.00 Å². The highest BCUT2D eigenvalue weighted by Gasteiger charge is 2.17. The summed E-state index contributed by atoms with van der Waals surface area (Å²) in [4.78, 5) is 8.43. The third-order valence-corrected chi connectivity index (χ3v) is 3.69. The van der Waals surface area contributed by atoms with E-state index in [-0.39, 0.29) is 0 Å². The van der Waals surface area contributed by atoms with E-state index in [1.807, 2.05) is 19.1 Å². The largest absolute Gasteiger partial charge is 0.493 e. The molecule has 0 amide bonds. The van der Waals surface area contributed by atoms with E-state index >= 15 is 0 Å². The topological polar surface area (TPSA) is 70.8 Å². The van der Waals surface area contributed by atoms with Gasteiger partial charge in [0.05, 0.1) is 6.61 Å². The highest BCUT2D eigenvalue weighted by molar-refractivity contribution is 9.10. The van der Waals surface area contributed by atoms with E-state index in [0.717, 1.165) is 34.5 Å². The third-order valence-electron chi connectivity index (χ3n) is 3.23. The molecule has 1 aromatic carbocycles. The van der Waals surface area contributed by atoms with Crippen LogP contribution < -0.4 is 10.1 Å². The second kappa shape index (κ2) is 5.70. The van der Waals surface area contributed by atoms with Gasteiger partial charge in [0.15, 0.2) is 0 Å². The Labute approximate surface area is 131 Å². The normalized spacial score (nSPS) is 12.4. The molecule has 5 nitrogen and oxygen atoms in total. The highest BCUT2D eigenvalue weighted by atomic mass is 79.9. The molecule has 0 bridgehead atoms. The third kappa shape index (κ3) is 2.98. The lowest BCUT2D eigenvalue weighted by atomic mass is 10.1. The molecule has 0 saturated heterocycles. The van der Waals surface area contributed by atoms with Crippen LogP contribution in [0.5, 0.6) is 5.75 Å². The number of aryl methyl sites for hydroxylation is 1. The molecule has 1 aliphatic heterocycles. The van der Waals surface area contributed by atoms with Crippen LogP contribution in [-0.4, -0.2) is 16.6 Å². The molecule has 2 aromatic rings. The van der Waals surface area contributed by atoms with Crippen LogP contribution in [0.3, 0.4) is 0 Å². The van der Waals surface area contributed by atoms with Crippen molar-refractivity contribution < 1.29 is 4.74 Å². The highest BCUT2D eigenvalue weighted by Crippen LogP contribution is 2.33. The van der Waals surface area contributed by atoms with Crippen molar-refractivity contribution in [1.82, 2.24) is 9.97 Å². The number of fused-ring (bicyclic) bond motifs is 1. The number of aromatic nitrogens is 2. The van der Waals surface area contributed by atoms with Crippen LogP contribution in [0.1, 0.15) is 22.5 Å². The summed E-state index contributed by atoms with van der Waals surface area (Å²) >= 11 is 3.52. The van der Waals surface area contributed by atoms with E-state index < -0.39 is 0 Å². The second-order valence-corrected chi connectivity index (χ2v) is 5.75. The molecule has 0 unspecified atom stereocenters. The number of ether oxygens (including phenoxy) is 1. The Morgan fingerprint density at radius 1 is 1.38 bits per heavy atom. The molecule has 3 rings (SSSR count). The fourth-order valence-electron chi connectivity index (χ4n) is 2.36. The van der Waals surface area contributed by atoms with Crippen LogP contribution in [0.2, 0.25) is 0 Å². The van der Waals surface area contributed by atoms with Gasteiger partial charge in [-0.25, -0.2) is 9.97 Å².